The van der Waals surface area contributed by atoms with Gasteiger partial charge in [-0.05, 0) is 32.3 Å². The number of benzene rings is 4. The standard InChI is InChI=1S/C18H12.HI/c1-3-7-15-13(5-1)9-11-18-16-8-4-2-6-14(16)10-12-17(15)18;/h1-12H;1H. The maximum Gasteiger partial charge on any atom is -0.00990 e. The smallest absolute Gasteiger partial charge is 0.00990 e. The van der Waals surface area contributed by atoms with Crippen LogP contribution in [0.25, 0.3) is 32.3 Å². The Balaban J connectivity index is 0.00000110. The summed E-state index contributed by atoms with van der Waals surface area (Å²) in [5.74, 6) is 0. The number of hydrogen-bond donors (Lipinski definition) is 0. The first-order valence-electron chi connectivity index (χ1n) is 6.23. The van der Waals surface area contributed by atoms with Crippen molar-refractivity contribution in [3.8, 4) is 0 Å². The van der Waals surface area contributed by atoms with Crippen LogP contribution >= 0.6 is 24.0 Å². The molecule has 92 valence electrons. The maximum absolute atomic E-state index is 2.24. The lowest BCUT2D eigenvalue weighted by molar-refractivity contribution is 1.77. The molecule has 0 bridgehead atoms. The van der Waals surface area contributed by atoms with E-state index in [4.69, 9.17) is 0 Å². The van der Waals surface area contributed by atoms with Gasteiger partial charge in [0.15, 0.2) is 0 Å². The van der Waals surface area contributed by atoms with Crippen LogP contribution in [0.1, 0.15) is 0 Å². The molecule has 4 aromatic rings. The molecule has 0 aliphatic heterocycles. The SMILES string of the molecule is I.c1ccc2c(c1)ccc1c3ccccc3ccc21. The van der Waals surface area contributed by atoms with Crippen molar-refractivity contribution < 1.29 is 0 Å². The molecule has 19 heavy (non-hydrogen) atoms. The van der Waals surface area contributed by atoms with Gasteiger partial charge in [-0.2, -0.15) is 0 Å². The molecular formula is C18H13I. The zero-order valence-electron chi connectivity index (χ0n) is 10.3. The summed E-state index contributed by atoms with van der Waals surface area (Å²) < 4.78 is 0. The first kappa shape index (κ1) is 12.4. The van der Waals surface area contributed by atoms with Gasteiger partial charge in [0.05, 0.1) is 0 Å². The van der Waals surface area contributed by atoms with E-state index >= 15 is 0 Å². The van der Waals surface area contributed by atoms with E-state index in [0.717, 1.165) is 0 Å². The van der Waals surface area contributed by atoms with Crippen molar-refractivity contribution in [1.82, 2.24) is 0 Å². The molecule has 4 aromatic carbocycles. The minimum absolute atomic E-state index is 0. The zero-order valence-corrected chi connectivity index (χ0v) is 12.7. The third-order valence-corrected chi connectivity index (χ3v) is 3.65. The van der Waals surface area contributed by atoms with Gasteiger partial charge in [-0.3, -0.25) is 0 Å². The van der Waals surface area contributed by atoms with Crippen LogP contribution in [0, 0.1) is 0 Å². The third-order valence-electron chi connectivity index (χ3n) is 3.65. The molecule has 4 rings (SSSR count). The van der Waals surface area contributed by atoms with Crippen molar-refractivity contribution >= 4 is 56.3 Å². The topological polar surface area (TPSA) is 0 Å². The summed E-state index contributed by atoms with van der Waals surface area (Å²) in [4.78, 5) is 0. The summed E-state index contributed by atoms with van der Waals surface area (Å²) in [7, 11) is 0. The maximum atomic E-state index is 2.24. The van der Waals surface area contributed by atoms with Crippen LogP contribution in [0.15, 0.2) is 72.8 Å². The van der Waals surface area contributed by atoms with Crippen LogP contribution in [0.2, 0.25) is 0 Å². The van der Waals surface area contributed by atoms with E-state index in [-0.39, 0.29) is 24.0 Å². The molecule has 0 unspecified atom stereocenters. The lowest BCUT2D eigenvalue weighted by Crippen LogP contribution is -1.79. The Morgan fingerprint density at radius 1 is 0.368 bits per heavy atom. The van der Waals surface area contributed by atoms with Gasteiger partial charge in [0.1, 0.15) is 0 Å². The number of rotatable bonds is 0. The molecule has 0 aliphatic rings. The van der Waals surface area contributed by atoms with Crippen LogP contribution in [0.4, 0.5) is 0 Å². The van der Waals surface area contributed by atoms with E-state index < -0.39 is 0 Å². The van der Waals surface area contributed by atoms with E-state index in [2.05, 4.69) is 72.8 Å². The second kappa shape index (κ2) is 4.82. The van der Waals surface area contributed by atoms with Crippen molar-refractivity contribution in [1.29, 1.82) is 0 Å². The first-order valence-corrected chi connectivity index (χ1v) is 6.23. The largest absolute Gasteiger partial charge is 0.107 e. The highest BCUT2D eigenvalue weighted by atomic mass is 127. The van der Waals surface area contributed by atoms with Crippen molar-refractivity contribution in [2.24, 2.45) is 0 Å². The van der Waals surface area contributed by atoms with Gasteiger partial charge in [0.25, 0.3) is 0 Å². The second-order valence-corrected chi connectivity index (χ2v) is 4.67. The predicted octanol–water partition coefficient (Wildman–Crippen LogP) is 5.76. The van der Waals surface area contributed by atoms with Gasteiger partial charge in [0.2, 0.25) is 0 Å². The van der Waals surface area contributed by atoms with E-state index in [1.54, 1.807) is 0 Å². The Labute approximate surface area is 129 Å². The van der Waals surface area contributed by atoms with E-state index in [1.807, 2.05) is 0 Å². The number of halogens is 1. The Hall–Kier alpha value is -1.61. The summed E-state index contributed by atoms with van der Waals surface area (Å²) in [6, 6.07) is 26.0. The van der Waals surface area contributed by atoms with Crippen LogP contribution in [-0.2, 0) is 0 Å². The van der Waals surface area contributed by atoms with Crippen molar-refractivity contribution in [3.63, 3.8) is 0 Å². The van der Waals surface area contributed by atoms with Crippen LogP contribution < -0.4 is 0 Å². The third kappa shape index (κ3) is 1.89. The lowest BCUT2D eigenvalue weighted by Gasteiger charge is -2.07. The molecule has 0 fully saturated rings. The fourth-order valence-corrected chi connectivity index (χ4v) is 2.77. The molecule has 0 atom stereocenters. The molecule has 0 N–H and O–H groups in total. The van der Waals surface area contributed by atoms with Crippen LogP contribution in [0.5, 0.6) is 0 Å². The molecule has 0 aliphatic carbocycles. The molecule has 0 aromatic heterocycles. The molecule has 0 saturated carbocycles. The van der Waals surface area contributed by atoms with Crippen molar-refractivity contribution in [2.45, 2.75) is 0 Å². The van der Waals surface area contributed by atoms with Gasteiger partial charge in [-0.15, -0.1) is 24.0 Å². The summed E-state index contributed by atoms with van der Waals surface area (Å²) in [6.45, 7) is 0. The van der Waals surface area contributed by atoms with Gasteiger partial charge in [0, 0.05) is 0 Å². The number of hydrogen-bond acceptors (Lipinski definition) is 0. The highest BCUT2D eigenvalue weighted by Gasteiger charge is 2.03. The van der Waals surface area contributed by atoms with E-state index in [0.29, 0.717) is 0 Å². The summed E-state index contributed by atoms with van der Waals surface area (Å²) >= 11 is 0. The summed E-state index contributed by atoms with van der Waals surface area (Å²) in [5.41, 5.74) is 0. The molecule has 0 nitrogen and oxygen atoms in total. The van der Waals surface area contributed by atoms with Crippen molar-refractivity contribution in [3.05, 3.63) is 72.8 Å². The van der Waals surface area contributed by atoms with E-state index in [9.17, 15) is 0 Å². The van der Waals surface area contributed by atoms with Gasteiger partial charge in [-0.1, -0.05) is 72.8 Å². The number of fused-ring (bicyclic) bond motifs is 5. The van der Waals surface area contributed by atoms with Gasteiger partial charge in [-0.25, -0.2) is 0 Å². The normalized spacial score (nSPS) is 10.7. The minimum Gasteiger partial charge on any atom is -0.107 e. The Kier molecular flexibility index (Phi) is 3.15. The fraction of sp³-hybridized carbons (Fsp3) is 0. The molecule has 0 spiro atoms. The molecule has 1 heteroatoms. The second-order valence-electron chi connectivity index (χ2n) is 4.67. The molecule has 0 radical (unpaired) electrons. The Morgan fingerprint density at radius 2 is 0.789 bits per heavy atom. The Bertz CT molecular complexity index is 803. The van der Waals surface area contributed by atoms with E-state index in [1.165, 1.54) is 32.3 Å². The zero-order chi connectivity index (χ0) is 11.9. The highest BCUT2D eigenvalue weighted by Crippen LogP contribution is 2.30. The van der Waals surface area contributed by atoms with Gasteiger partial charge < -0.3 is 0 Å². The first-order chi connectivity index (χ1) is 8.93. The predicted molar refractivity (Wildman–Crippen MR) is 94.4 cm³/mol. The molecular weight excluding hydrogens is 343 g/mol. The molecule has 0 saturated heterocycles. The van der Waals surface area contributed by atoms with Gasteiger partial charge >= 0.3 is 0 Å². The highest BCUT2D eigenvalue weighted by molar-refractivity contribution is 14.0. The van der Waals surface area contributed by atoms with Crippen LogP contribution in [-0.4, -0.2) is 0 Å². The average Bonchev–Trinajstić information content (AvgIpc) is 2.46. The monoisotopic (exact) mass is 356 g/mol. The Morgan fingerprint density at radius 3 is 1.26 bits per heavy atom. The van der Waals surface area contributed by atoms with Crippen molar-refractivity contribution in [2.75, 3.05) is 0 Å². The fourth-order valence-electron chi connectivity index (χ4n) is 2.77. The quantitative estimate of drug-likeness (QED) is 0.277. The summed E-state index contributed by atoms with van der Waals surface area (Å²) in [5, 5.41) is 7.96. The lowest BCUT2D eigenvalue weighted by atomic mass is 9.97. The van der Waals surface area contributed by atoms with Crippen LogP contribution in [0.3, 0.4) is 0 Å². The average molecular weight is 356 g/mol. The minimum atomic E-state index is 0. The molecule has 0 heterocycles. The summed E-state index contributed by atoms with van der Waals surface area (Å²) in [6.07, 6.45) is 0. The molecule has 0 amide bonds.